The molecular formula is C20H22N2O2. The van der Waals surface area contributed by atoms with Crippen molar-refractivity contribution in [2.45, 2.75) is 26.3 Å². The molecule has 1 aliphatic heterocycles. The minimum Gasteiger partial charge on any atom is -0.313 e. The second kappa shape index (κ2) is 7.88. The van der Waals surface area contributed by atoms with Crippen molar-refractivity contribution in [3.63, 3.8) is 0 Å². The Kier molecular flexibility index (Phi) is 5.39. The molecular weight excluding hydrogens is 300 g/mol. The van der Waals surface area contributed by atoms with Crippen molar-refractivity contribution >= 4 is 11.7 Å². The van der Waals surface area contributed by atoms with E-state index in [0.717, 1.165) is 43.8 Å². The highest BCUT2D eigenvalue weighted by Gasteiger charge is 2.16. The summed E-state index contributed by atoms with van der Waals surface area (Å²) in [5.41, 5.74) is 3.93. The first-order valence-electron chi connectivity index (χ1n) is 8.31. The Morgan fingerprint density at radius 1 is 1.04 bits per heavy atom. The van der Waals surface area contributed by atoms with Gasteiger partial charge in [0.25, 0.3) is 0 Å². The number of likely N-dealkylation sites (tertiary alicyclic amines) is 1. The van der Waals surface area contributed by atoms with Gasteiger partial charge in [0.05, 0.1) is 11.3 Å². The largest absolute Gasteiger partial charge is 0.365 e. The molecule has 124 valence electrons. The van der Waals surface area contributed by atoms with Gasteiger partial charge in [0.1, 0.15) is 0 Å². The smallest absolute Gasteiger partial charge is 0.313 e. The van der Waals surface area contributed by atoms with E-state index >= 15 is 0 Å². The van der Waals surface area contributed by atoms with Gasteiger partial charge in [-0.1, -0.05) is 53.2 Å². The highest BCUT2D eigenvalue weighted by Crippen LogP contribution is 2.13. The summed E-state index contributed by atoms with van der Waals surface area (Å²) < 4.78 is 0. The second-order valence-electron chi connectivity index (χ2n) is 6.16. The number of hydrogen-bond donors (Lipinski definition) is 0. The molecule has 0 bridgehead atoms. The highest BCUT2D eigenvalue weighted by molar-refractivity contribution is 5.91. The zero-order chi connectivity index (χ0) is 16.8. The summed E-state index contributed by atoms with van der Waals surface area (Å²) >= 11 is 0. The van der Waals surface area contributed by atoms with Gasteiger partial charge >= 0.3 is 5.97 Å². The second-order valence-corrected chi connectivity index (χ2v) is 6.16. The van der Waals surface area contributed by atoms with Crippen LogP contribution in [0.3, 0.4) is 0 Å². The van der Waals surface area contributed by atoms with Gasteiger partial charge in [-0.25, -0.2) is 4.79 Å². The predicted molar refractivity (Wildman–Crippen MR) is 95.0 cm³/mol. The molecule has 1 heterocycles. The van der Waals surface area contributed by atoms with Crippen molar-refractivity contribution in [1.82, 2.24) is 4.90 Å². The van der Waals surface area contributed by atoms with Gasteiger partial charge in [-0.2, -0.15) is 0 Å². The minimum absolute atomic E-state index is 0.394. The zero-order valence-electron chi connectivity index (χ0n) is 13.9. The van der Waals surface area contributed by atoms with Crippen LogP contribution in [-0.2, 0) is 11.4 Å². The van der Waals surface area contributed by atoms with Gasteiger partial charge in [0.2, 0.25) is 0 Å². The molecule has 0 saturated carbocycles. The number of piperidine rings is 1. The van der Waals surface area contributed by atoms with Crippen LogP contribution >= 0.6 is 0 Å². The summed E-state index contributed by atoms with van der Waals surface area (Å²) in [6.07, 6.45) is 1.68. The van der Waals surface area contributed by atoms with Crippen LogP contribution in [0.15, 0.2) is 59.8 Å². The van der Waals surface area contributed by atoms with E-state index in [-0.39, 0.29) is 0 Å². The lowest BCUT2D eigenvalue weighted by atomic mass is 10.1. The Bertz CT molecular complexity index is 698. The van der Waals surface area contributed by atoms with Crippen LogP contribution in [0.5, 0.6) is 0 Å². The molecule has 2 aromatic rings. The molecule has 1 fully saturated rings. The predicted octanol–water partition coefficient (Wildman–Crippen LogP) is 3.80. The summed E-state index contributed by atoms with van der Waals surface area (Å²) in [7, 11) is 0. The standard InChI is InChI=1S/C20H22N2O2/c1-16-7-9-18(10-8-16)20(23)24-21-19-11-13-22(14-12-19)15-17-5-3-2-4-6-17/h2-10H,11-15H2,1H3. The molecule has 0 amide bonds. The molecule has 4 nitrogen and oxygen atoms in total. The van der Waals surface area contributed by atoms with Gasteiger partial charge < -0.3 is 4.84 Å². The van der Waals surface area contributed by atoms with E-state index in [1.165, 1.54) is 5.56 Å². The van der Waals surface area contributed by atoms with Crippen molar-refractivity contribution in [1.29, 1.82) is 0 Å². The Balaban J connectivity index is 1.48. The van der Waals surface area contributed by atoms with Gasteiger partial charge in [0.15, 0.2) is 0 Å². The monoisotopic (exact) mass is 322 g/mol. The van der Waals surface area contributed by atoms with Crippen molar-refractivity contribution in [2.75, 3.05) is 13.1 Å². The Hall–Kier alpha value is -2.46. The van der Waals surface area contributed by atoms with E-state index in [0.29, 0.717) is 5.56 Å². The molecule has 0 spiro atoms. The topological polar surface area (TPSA) is 41.9 Å². The lowest BCUT2D eigenvalue weighted by Gasteiger charge is -2.27. The number of oxime groups is 1. The number of carbonyl (C=O) groups excluding carboxylic acids is 1. The molecule has 0 aliphatic carbocycles. The first kappa shape index (κ1) is 16.4. The van der Waals surface area contributed by atoms with Crippen LogP contribution in [0.4, 0.5) is 0 Å². The lowest BCUT2D eigenvalue weighted by Crippen LogP contribution is -2.33. The van der Waals surface area contributed by atoms with Crippen LogP contribution < -0.4 is 0 Å². The summed E-state index contributed by atoms with van der Waals surface area (Å²) in [6, 6.07) is 17.8. The fourth-order valence-electron chi connectivity index (χ4n) is 2.75. The van der Waals surface area contributed by atoms with Crippen LogP contribution in [0, 0.1) is 6.92 Å². The van der Waals surface area contributed by atoms with Crippen molar-refractivity contribution in [3.8, 4) is 0 Å². The van der Waals surface area contributed by atoms with Crippen molar-refractivity contribution in [3.05, 3.63) is 71.3 Å². The number of hydrogen-bond acceptors (Lipinski definition) is 4. The lowest BCUT2D eigenvalue weighted by molar-refractivity contribution is 0.0512. The number of nitrogens with zero attached hydrogens (tertiary/aromatic N) is 2. The van der Waals surface area contributed by atoms with Crippen molar-refractivity contribution < 1.29 is 9.63 Å². The van der Waals surface area contributed by atoms with Gasteiger partial charge in [-0.15, -0.1) is 0 Å². The zero-order valence-corrected chi connectivity index (χ0v) is 13.9. The third kappa shape index (κ3) is 4.52. The molecule has 0 N–H and O–H groups in total. The molecule has 1 aliphatic rings. The minimum atomic E-state index is -0.394. The maximum absolute atomic E-state index is 12.0. The average Bonchev–Trinajstić information content (AvgIpc) is 2.62. The summed E-state index contributed by atoms with van der Waals surface area (Å²) in [5, 5.41) is 4.06. The van der Waals surface area contributed by atoms with E-state index in [1.807, 2.05) is 25.1 Å². The number of carbonyl (C=O) groups is 1. The van der Waals surface area contributed by atoms with Crippen LogP contribution in [0.2, 0.25) is 0 Å². The average molecular weight is 322 g/mol. The molecule has 0 atom stereocenters. The number of aryl methyl sites for hydroxylation is 1. The first-order valence-corrected chi connectivity index (χ1v) is 8.31. The molecule has 1 saturated heterocycles. The third-order valence-electron chi connectivity index (χ3n) is 4.23. The maximum atomic E-state index is 12.0. The summed E-state index contributed by atoms with van der Waals surface area (Å²) in [5.74, 6) is -0.394. The molecule has 24 heavy (non-hydrogen) atoms. The van der Waals surface area contributed by atoms with E-state index in [2.05, 4.69) is 34.3 Å². The van der Waals surface area contributed by atoms with Gasteiger partial charge in [0, 0.05) is 32.5 Å². The Morgan fingerprint density at radius 2 is 1.71 bits per heavy atom. The molecule has 0 aromatic heterocycles. The van der Waals surface area contributed by atoms with E-state index < -0.39 is 5.97 Å². The Morgan fingerprint density at radius 3 is 2.38 bits per heavy atom. The SMILES string of the molecule is Cc1ccc(C(=O)ON=C2CCN(Cc3ccccc3)CC2)cc1. The highest BCUT2D eigenvalue weighted by atomic mass is 16.7. The fourth-order valence-corrected chi connectivity index (χ4v) is 2.75. The number of benzene rings is 2. The van der Waals surface area contributed by atoms with Gasteiger partial charge in [-0.05, 0) is 24.6 Å². The molecule has 0 radical (unpaired) electrons. The maximum Gasteiger partial charge on any atom is 0.365 e. The number of rotatable bonds is 4. The Labute approximate surface area is 142 Å². The van der Waals surface area contributed by atoms with Gasteiger partial charge in [-0.3, -0.25) is 4.90 Å². The molecule has 0 unspecified atom stereocenters. The molecule has 4 heteroatoms. The molecule has 3 rings (SSSR count). The van der Waals surface area contributed by atoms with Crippen LogP contribution in [-0.4, -0.2) is 29.7 Å². The van der Waals surface area contributed by atoms with Crippen molar-refractivity contribution in [2.24, 2.45) is 5.16 Å². The first-order chi connectivity index (χ1) is 11.7. The molecule has 2 aromatic carbocycles. The quantitative estimate of drug-likeness (QED) is 0.635. The van der Waals surface area contributed by atoms with E-state index in [4.69, 9.17) is 4.84 Å². The normalized spacial score (nSPS) is 15.1. The summed E-state index contributed by atoms with van der Waals surface area (Å²) in [6.45, 7) is 4.82. The van der Waals surface area contributed by atoms with Crippen LogP contribution in [0.1, 0.15) is 34.3 Å². The fraction of sp³-hybridized carbons (Fsp3) is 0.300. The van der Waals surface area contributed by atoms with E-state index in [9.17, 15) is 4.79 Å². The third-order valence-corrected chi connectivity index (χ3v) is 4.23. The van der Waals surface area contributed by atoms with E-state index in [1.54, 1.807) is 12.1 Å². The van der Waals surface area contributed by atoms with Crippen LogP contribution in [0.25, 0.3) is 0 Å². The summed E-state index contributed by atoms with van der Waals surface area (Å²) in [4.78, 5) is 19.5.